The Bertz CT molecular complexity index is 951. The average molecular weight is 305 g/mol. The van der Waals surface area contributed by atoms with Crippen molar-refractivity contribution in [1.82, 2.24) is 29.9 Å². The molecule has 4 aromatic rings. The molecule has 0 saturated heterocycles. The van der Waals surface area contributed by atoms with E-state index in [1.165, 1.54) is 6.33 Å². The summed E-state index contributed by atoms with van der Waals surface area (Å²) >= 11 is 0. The number of para-hydroxylation sites is 1. The first-order valence-corrected chi connectivity index (χ1v) is 6.82. The molecule has 0 fully saturated rings. The van der Waals surface area contributed by atoms with Crippen LogP contribution in [0.15, 0.2) is 55.0 Å². The van der Waals surface area contributed by atoms with Crippen LogP contribution < -0.4 is 10.5 Å². The molecule has 0 atom stereocenters. The van der Waals surface area contributed by atoms with Gasteiger partial charge in [-0.3, -0.25) is 0 Å². The van der Waals surface area contributed by atoms with Crippen LogP contribution in [0.2, 0.25) is 0 Å². The van der Waals surface area contributed by atoms with Gasteiger partial charge in [0.05, 0.1) is 11.6 Å². The predicted molar refractivity (Wildman–Crippen MR) is 83.2 cm³/mol. The minimum Gasteiger partial charge on any atom is -0.438 e. The summed E-state index contributed by atoms with van der Waals surface area (Å²) in [6, 6.07) is 12.8. The number of nitrogens with two attached hydrogens (primary N) is 1. The first kappa shape index (κ1) is 13.1. The quantitative estimate of drug-likeness (QED) is 0.617. The molecule has 1 aromatic carbocycles. The fraction of sp³-hybridized carbons (Fsp3) is 0. The van der Waals surface area contributed by atoms with E-state index in [4.69, 9.17) is 10.5 Å². The Morgan fingerprint density at radius 3 is 2.61 bits per heavy atom. The van der Waals surface area contributed by atoms with Crippen LogP contribution in [-0.4, -0.2) is 29.9 Å². The number of hydrogen-bond donors (Lipinski definition) is 1. The highest BCUT2D eigenvalue weighted by atomic mass is 16.5. The minimum atomic E-state index is 0.373. The summed E-state index contributed by atoms with van der Waals surface area (Å²) in [6.07, 6.45) is 2.98. The van der Waals surface area contributed by atoms with Gasteiger partial charge in [0.25, 0.3) is 0 Å². The Morgan fingerprint density at radius 2 is 1.83 bits per heavy atom. The number of rotatable bonds is 3. The standard InChI is InChI=1S/C15H11N7O/c16-14-11-8-19-22(15(11)18-9-17-14)12-6-7-13(21-20-12)23-10-4-2-1-3-5-10/h1-9H,(H2,16,17,18). The van der Waals surface area contributed by atoms with Crippen LogP contribution in [0.25, 0.3) is 16.9 Å². The van der Waals surface area contributed by atoms with Crippen molar-refractivity contribution >= 4 is 16.9 Å². The van der Waals surface area contributed by atoms with Crippen LogP contribution in [0, 0.1) is 0 Å². The van der Waals surface area contributed by atoms with Gasteiger partial charge in [0.1, 0.15) is 17.9 Å². The van der Waals surface area contributed by atoms with Gasteiger partial charge in [-0.25, -0.2) is 9.97 Å². The van der Waals surface area contributed by atoms with E-state index in [0.29, 0.717) is 34.3 Å². The van der Waals surface area contributed by atoms with E-state index in [0.717, 1.165) is 0 Å². The third-order valence-corrected chi connectivity index (χ3v) is 3.21. The van der Waals surface area contributed by atoms with Gasteiger partial charge in [0, 0.05) is 6.07 Å². The molecule has 0 aliphatic rings. The van der Waals surface area contributed by atoms with E-state index < -0.39 is 0 Å². The van der Waals surface area contributed by atoms with Crippen molar-refractivity contribution in [3.8, 4) is 17.4 Å². The Morgan fingerprint density at radius 1 is 0.957 bits per heavy atom. The zero-order chi connectivity index (χ0) is 15.6. The summed E-state index contributed by atoms with van der Waals surface area (Å²) in [5.74, 6) is 1.97. The molecule has 8 nitrogen and oxygen atoms in total. The third kappa shape index (κ3) is 2.42. The molecule has 0 unspecified atom stereocenters. The maximum atomic E-state index is 5.80. The number of nitrogens with zero attached hydrogens (tertiary/aromatic N) is 6. The number of nitrogen functional groups attached to an aromatic ring is 1. The summed E-state index contributed by atoms with van der Waals surface area (Å²) in [6.45, 7) is 0. The highest BCUT2D eigenvalue weighted by Gasteiger charge is 2.11. The van der Waals surface area contributed by atoms with Crippen molar-refractivity contribution in [2.75, 3.05) is 5.73 Å². The zero-order valence-electron chi connectivity index (χ0n) is 11.9. The van der Waals surface area contributed by atoms with Crippen LogP contribution in [0.4, 0.5) is 5.82 Å². The van der Waals surface area contributed by atoms with Crippen molar-refractivity contribution in [2.45, 2.75) is 0 Å². The van der Waals surface area contributed by atoms with Gasteiger partial charge in [0.2, 0.25) is 5.88 Å². The normalized spacial score (nSPS) is 10.8. The maximum Gasteiger partial charge on any atom is 0.238 e. The van der Waals surface area contributed by atoms with E-state index in [9.17, 15) is 0 Å². The molecule has 0 amide bonds. The van der Waals surface area contributed by atoms with Crippen LogP contribution in [0.5, 0.6) is 11.6 Å². The highest BCUT2D eigenvalue weighted by molar-refractivity contribution is 5.85. The number of ether oxygens (including phenoxy) is 1. The van der Waals surface area contributed by atoms with Crippen LogP contribution >= 0.6 is 0 Å². The molecule has 0 aliphatic carbocycles. The average Bonchev–Trinajstić information content (AvgIpc) is 3.02. The Balaban J connectivity index is 1.66. The summed E-state index contributed by atoms with van der Waals surface area (Å²) in [5, 5.41) is 13.1. The predicted octanol–water partition coefficient (Wildman–Crippen LogP) is 1.98. The van der Waals surface area contributed by atoms with E-state index in [1.807, 2.05) is 30.3 Å². The van der Waals surface area contributed by atoms with Crippen molar-refractivity contribution < 1.29 is 4.74 Å². The zero-order valence-corrected chi connectivity index (χ0v) is 11.9. The van der Waals surface area contributed by atoms with Crippen molar-refractivity contribution in [2.24, 2.45) is 0 Å². The molecule has 0 spiro atoms. The van der Waals surface area contributed by atoms with Gasteiger partial charge >= 0.3 is 0 Å². The summed E-state index contributed by atoms with van der Waals surface area (Å²) in [5.41, 5.74) is 6.37. The fourth-order valence-corrected chi connectivity index (χ4v) is 2.12. The first-order valence-electron chi connectivity index (χ1n) is 6.82. The van der Waals surface area contributed by atoms with Crippen LogP contribution in [0.1, 0.15) is 0 Å². The number of aromatic nitrogens is 6. The summed E-state index contributed by atoms with van der Waals surface area (Å²) < 4.78 is 7.16. The molecular weight excluding hydrogens is 294 g/mol. The smallest absolute Gasteiger partial charge is 0.238 e. The van der Waals surface area contributed by atoms with Crippen molar-refractivity contribution in [1.29, 1.82) is 0 Å². The topological polar surface area (TPSA) is 105 Å². The molecule has 4 rings (SSSR count). The number of anilines is 1. The second kappa shape index (κ2) is 5.34. The summed E-state index contributed by atoms with van der Waals surface area (Å²) in [4.78, 5) is 8.11. The largest absolute Gasteiger partial charge is 0.438 e. The SMILES string of the molecule is Nc1ncnc2c1cnn2-c1ccc(Oc2ccccc2)nn1. The van der Waals surface area contributed by atoms with Gasteiger partial charge in [-0.2, -0.15) is 9.78 Å². The second-order valence-electron chi connectivity index (χ2n) is 4.70. The molecule has 3 heterocycles. The van der Waals surface area contributed by atoms with Crippen molar-refractivity contribution in [3.05, 3.63) is 55.0 Å². The Kier molecular flexibility index (Phi) is 3.05. The lowest BCUT2D eigenvalue weighted by atomic mass is 10.3. The number of benzene rings is 1. The van der Waals surface area contributed by atoms with E-state index in [2.05, 4.69) is 25.3 Å². The lowest BCUT2D eigenvalue weighted by molar-refractivity contribution is 0.454. The molecule has 0 bridgehead atoms. The molecule has 3 aromatic heterocycles. The lowest BCUT2D eigenvalue weighted by Crippen LogP contribution is -2.03. The Hall–Kier alpha value is -3.55. The van der Waals surface area contributed by atoms with Gasteiger partial charge in [-0.15, -0.1) is 10.2 Å². The molecular formula is C15H11N7O. The molecule has 0 aliphatic heterocycles. The third-order valence-electron chi connectivity index (χ3n) is 3.21. The molecule has 0 saturated carbocycles. The second-order valence-corrected chi connectivity index (χ2v) is 4.70. The van der Waals surface area contributed by atoms with E-state index in [1.54, 1.807) is 23.0 Å². The molecule has 0 radical (unpaired) electrons. The van der Waals surface area contributed by atoms with E-state index >= 15 is 0 Å². The molecule has 2 N–H and O–H groups in total. The Labute approximate surface area is 130 Å². The molecule has 23 heavy (non-hydrogen) atoms. The lowest BCUT2D eigenvalue weighted by Gasteiger charge is -2.05. The van der Waals surface area contributed by atoms with Gasteiger partial charge in [-0.1, -0.05) is 18.2 Å². The minimum absolute atomic E-state index is 0.373. The molecule has 8 heteroatoms. The van der Waals surface area contributed by atoms with Gasteiger partial charge < -0.3 is 10.5 Å². The number of fused-ring (bicyclic) bond motifs is 1. The van der Waals surface area contributed by atoms with Gasteiger partial charge in [-0.05, 0) is 18.2 Å². The highest BCUT2D eigenvalue weighted by Crippen LogP contribution is 2.21. The summed E-state index contributed by atoms with van der Waals surface area (Å²) in [7, 11) is 0. The first-order chi connectivity index (χ1) is 11.3. The monoisotopic (exact) mass is 305 g/mol. The van der Waals surface area contributed by atoms with Crippen LogP contribution in [-0.2, 0) is 0 Å². The van der Waals surface area contributed by atoms with Crippen molar-refractivity contribution in [3.63, 3.8) is 0 Å². The van der Waals surface area contributed by atoms with Crippen LogP contribution in [0.3, 0.4) is 0 Å². The fourth-order valence-electron chi connectivity index (χ4n) is 2.12. The maximum absolute atomic E-state index is 5.80. The number of hydrogen-bond acceptors (Lipinski definition) is 7. The molecule has 112 valence electrons. The van der Waals surface area contributed by atoms with E-state index in [-0.39, 0.29) is 0 Å². The van der Waals surface area contributed by atoms with Gasteiger partial charge in [0.15, 0.2) is 11.5 Å².